The number of para-hydroxylation sites is 1. The largest absolute Gasteiger partial charge is 0.496 e. The fourth-order valence-corrected chi connectivity index (χ4v) is 3.97. The second kappa shape index (κ2) is 8.61. The van der Waals surface area contributed by atoms with Gasteiger partial charge in [-0.05, 0) is 55.5 Å². The van der Waals surface area contributed by atoms with Crippen LogP contribution >= 0.6 is 0 Å². The van der Waals surface area contributed by atoms with E-state index in [0.717, 1.165) is 6.07 Å². The lowest BCUT2D eigenvalue weighted by molar-refractivity contribution is -0.171. The number of alkyl halides is 3. The minimum Gasteiger partial charge on any atom is -0.496 e. The minimum absolute atomic E-state index is 0.0383. The van der Waals surface area contributed by atoms with Gasteiger partial charge in [-0.1, -0.05) is 24.3 Å². The summed E-state index contributed by atoms with van der Waals surface area (Å²) in [5.41, 5.74) is -1.63. The lowest BCUT2D eigenvalue weighted by atomic mass is 9.84. The summed E-state index contributed by atoms with van der Waals surface area (Å²) in [6, 6.07) is 8.79. The normalized spacial score (nSPS) is 14.6. The summed E-state index contributed by atoms with van der Waals surface area (Å²) < 4.78 is 57.3. The van der Waals surface area contributed by atoms with Crippen molar-refractivity contribution in [3.05, 3.63) is 53.1 Å². The van der Waals surface area contributed by atoms with Crippen molar-refractivity contribution in [1.29, 1.82) is 0 Å². The molecule has 0 N–H and O–H groups in total. The molecule has 0 saturated heterocycles. The maximum Gasteiger partial charge on any atom is 0.417 e. The second-order valence-corrected chi connectivity index (χ2v) is 7.24. The minimum atomic E-state index is -4.65. The SMILES string of the molecule is CCOC(=O)C1(C(=O)OCC)Cc2cc(-c3ccccc3OC)c(C(F)(F)F)cc2C1. The first-order valence-corrected chi connectivity index (χ1v) is 9.88. The number of halogens is 3. The van der Waals surface area contributed by atoms with Crippen molar-refractivity contribution >= 4 is 11.9 Å². The molecule has 0 aliphatic heterocycles. The molecule has 0 unspecified atom stereocenters. The summed E-state index contributed by atoms with van der Waals surface area (Å²) >= 11 is 0. The Kier molecular flexibility index (Phi) is 6.29. The Labute approximate surface area is 178 Å². The first-order valence-electron chi connectivity index (χ1n) is 9.88. The molecule has 0 aromatic heterocycles. The van der Waals surface area contributed by atoms with Crippen molar-refractivity contribution in [2.75, 3.05) is 20.3 Å². The van der Waals surface area contributed by atoms with E-state index in [0.29, 0.717) is 5.56 Å². The van der Waals surface area contributed by atoms with Gasteiger partial charge in [0.05, 0.1) is 25.9 Å². The first-order chi connectivity index (χ1) is 14.7. The molecule has 0 saturated carbocycles. The quantitative estimate of drug-likeness (QED) is 0.490. The Morgan fingerprint density at radius 1 is 0.935 bits per heavy atom. The van der Waals surface area contributed by atoms with Crippen LogP contribution in [0.2, 0.25) is 0 Å². The van der Waals surface area contributed by atoms with Gasteiger partial charge in [0.25, 0.3) is 0 Å². The molecule has 0 atom stereocenters. The third-order valence-electron chi connectivity index (χ3n) is 5.36. The Morgan fingerprint density at radius 3 is 2.00 bits per heavy atom. The van der Waals surface area contributed by atoms with E-state index in [2.05, 4.69) is 0 Å². The Balaban J connectivity index is 2.18. The van der Waals surface area contributed by atoms with Crippen LogP contribution in [0.3, 0.4) is 0 Å². The Hall–Kier alpha value is -3.03. The van der Waals surface area contributed by atoms with E-state index in [9.17, 15) is 22.8 Å². The van der Waals surface area contributed by atoms with Crippen LogP contribution in [-0.4, -0.2) is 32.3 Å². The number of hydrogen-bond donors (Lipinski definition) is 0. The number of carbonyl (C=O) groups is 2. The van der Waals surface area contributed by atoms with Gasteiger partial charge < -0.3 is 14.2 Å². The number of esters is 2. The summed E-state index contributed by atoms with van der Waals surface area (Å²) in [7, 11) is 1.38. The van der Waals surface area contributed by atoms with E-state index in [1.165, 1.54) is 19.2 Å². The van der Waals surface area contributed by atoms with Gasteiger partial charge in [-0.3, -0.25) is 9.59 Å². The van der Waals surface area contributed by atoms with Crippen molar-refractivity contribution in [1.82, 2.24) is 0 Å². The molecule has 3 rings (SSSR count). The number of hydrogen-bond acceptors (Lipinski definition) is 5. The summed E-state index contributed by atoms with van der Waals surface area (Å²) in [4.78, 5) is 25.4. The van der Waals surface area contributed by atoms with Crippen LogP contribution in [0.5, 0.6) is 5.75 Å². The highest BCUT2D eigenvalue weighted by atomic mass is 19.4. The molecule has 0 fully saturated rings. The zero-order valence-corrected chi connectivity index (χ0v) is 17.5. The highest BCUT2D eigenvalue weighted by Crippen LogP contribution is 2.47. The summed E-state index contributed by atoms with van der Waals surface area (Å²) in [6.45, 7) is 3.27. The molecular formula is C23H23F3O5. The van der Waals surface area contributed by atoms with Crippen molar-refractivity contribution in [2.45, 2.75) is 32.9 Å². The molecule has 2 aromatic carbocycles. The predicted octanol–water partition coefficient (Wildman–Crippen LogP) is 4.59. The van der Waals surface area contributed by atoms with Gasteiger partial charge in [-0.15, -0.1) is 0 Å². The molecule has 0 bridgehead atoms. The van der Waals surface area contributed by atoms with Gasteiger partial charge in [0.1, 0.15) is 5.75 Å². The van der Waals surface area contributed by atoms with Crippen molar-refractivity contribution in [3.8, 4) is 16.9 Å². The zero-order valence-electron chi connectivity index (χ0n) is 17.5. The Bertz CT molecular complexity index is 979. The van der Waals surface area contributed by atoms with Crippen LogP contribution in [0.1, 0.15) is 30.5 Å². The molecule has 8 heteroatoms. The zero-order chi connectivity index (χ0) is 22.8. The van der Waals surface area contributed by atoms with Gasteiger partial charge in [0.2, 0.25) is 0 Å². The van der Waals surface area contributed by atoms with Crippen LogP contribution in [0.15, 0.2) is 36.4 Å². The highest BCUT2D eigenvalue weighted by Gasteiger charge is 2.53. The summed E-state index contributed by atoms with van der Waals surface area (Å²) in [5, 5.41) is 0. The van der Waals surface area contributed by atoms with Crippen LogP contribution < -0.4 is 4.74 Å². The summed E-state index contributed by atoms with van der Waals surface area (Å²) in [5.74, 6) is -1.30. The molecule has 0 spiro atoms. The standard InChI is InChI=1S/C23H23F3O5/c1-4-30-20(27)22(21(28)31-5-2)12-14-10-17(16-8-6-7-9-19(16)29-3)18(23(24,25)26)11-15(14)13-22/h6-11H,4-5,12-13H2,1-3H3. The number of carbonyl (C=O) groups excluding carboxylic acids is 2. The molecule has 31 heavy (non-hydrogen) atoms. The number of methoxy groups -OCH3 is 1. The molecule has 1 aliphatic carbocycles. The van der Waals surface area contributed by atoms with E-state index in [4.69, 9.17) is 14.2 Å². The van der Waals surface area contributed by atoms with Crippen LogP contribution in [0.25, 0.3) is 11.1 Å². The monoisotopic (exact) mass is 436 g/mol. The second-order valence-electron chi connectivity index (χ2n) is 7.24. The van der Waals surface area contributed by atoms with Crippen molar-refractivity contribution in [2.24, 2.45) is 5.41 Å². The van der Waals surface area contributed by atoms with E-state index >= 15 is 0 Å². The first kappa shape index (κ1) is 22.7. The van der Waals surface area contributed by atoms with Gasteiger partial charge in [0.15, 0.2) is 5.41 Å². The van der Waals surface area contributed by atoms with Gasteiger partial charge in [-0.2, -0.15) is 13.2 Å². The molecule has 2 aromatic rings. The van der Waals surface area contributed by atoms with Gasteiger partial charge in [-0.25, -0.2) is 0 Å². The molecule has 5 nitrogen and oxygen atoms in total. The third kappa shape index (κ3) is 4.11. The average molecular weight is 436 g/mol. The molecule has 0 amide bonds. The van der Waals surface area contributed by atoms with E-state index < -0.39 is 29.1 Å². The molecule has 1 aliphatic rings. The van der Waals surface area contributed by atoms with E-state index in [1.807, 2.05) is 0 Å². The van der Waals surface area contributed by atoms with Crippen LogP contribution in [-0.2, 0) is 38.1 Å². The number of fused-ring (bicyclic) bond motifs is 1. The van der Waals surface area contributed by atoms with E-state index in [-0.39, 0.29) is 48.5 Å². The smallest absolute Gasteiger partial charge is 0.417 e. The summed E-state index contributed by atoms with van der Waals surface area (Å²) in [6.07, 6.45) is -4.96. The Morgan fingerprint density at radius 2 is 1.48 bits per heavy atom. The third-order valence-corrected chi connectivity index (χ3v) is 5.36. The van der Waals surface area contributed by atoms with Gasteiger partial charge in [0, 0.05) is 5.56 Å². The predicted molar refractivity (Wildman–Crippen MR) is 107 cm³/mol. The number of rotatable bonds is 6. The maximum absolute atomic E-state index is 14.0. The van der Waals surface area contributed by atoms with E-state index in [1.54, 1.807) is 32.0 Å². The number of ether oxygens (including phenoxy) is 3. The van der Waals surface area contributed by atoms with Gasteiger partial charge >= 0.3 is 18.1 Å². The van der Waals surface area contributed by atoms with Crippen molar-refractivity contribution in [3.63, 3.8) is 0 Å². The van der Waals surface area contributed by atoms with Crippen LogP contribution in [0.4, 0.5) is 13.2 Å². The fraction of sp³-hybridized carbons (Fsp3) is 0.391. The molecule has 166 valence electrons. The highest BCUT2D eigenvalue weighted by molar-refractivity contribution is 6.01. The van der Waals surface area contributed by atoms with Crippen LogP contribution in [0, 0.1) is 5.41 Å². The fourth-order valence-electron chi connectivity index (χ4n) is 3.97. The maximum atomic E-state index is 14.0. The molecule has 0 radical (unpaired) electrons. The molecular weight excluding hydrogens is 413 g/mol. The topological polar surface area (TPSA) is 61.8 Å². The average Bonchev–Trinajstić information content (AvgIpc) is 3.12. The molecule has 0 heterocycles. The lowest BCUT2D eigenvalue weighted by Gasteiger charge is -2.23. The lowest BCUT2D eigenvalue weighted by Crippen LogP contribution is -2.43. The van der Waals surface area contributed by atoms with Crippen molar-refractivity contribution < 1.29 is 37.0 Å². The number of benzene rings is 2.